The number of pyridine rings is 2. The number of fused-ring (bicyclic) bond motifs is 1. The van der Waals surface area contributed by atoms with Gasteiger partial charge in [-0.1, -0.05) is 12.1 Å². The number of aromatic nitrogens is 2. The van der Waals surface area contributed by atoms with Crippen LogP contribution in [0.15, 0.2) is 54.9 Å². The molecule has 0 N–H and O–H groups in total. The average molecular weight is 372 g/mol. The van der Waals surface area contributed by atoms with Gasteiger partial charge in [-0.25, -0.2) is 0 Å². The van der Waals surface area contributed by atoms with Crippen LogP contribution in [0, 0.1) is 0 Å². The Morgan fingerprint density at radius 2 is 1.70 bits per heavy atom. The summed E-state index contributed by atoms with van der Waals surface area (Å²) >= 11 is 0. The van der Waals surface area contributed by atoms with Crippen LogP contribution >= 0.6 is 0 Å². The molecule has 27 heavy (non-hydrogen) atoms. The Bertz CT molecular complexity index is 919. The van der Waals surface area contributed by atoms with E-state index in [9.17, 15) is 13.2 Å². The molecule has 0 bridgehead atoms. The fourth-order valence-electron chi connectivity index (χ4n) is 3.45. The summed E-state index contributed by atoms with van der Waals surface area (Å²) in [7, 11) is 0. The van der Waals surface area contributed by atoms with E-state index in [-0.39, 0.29) is 0 Å². The minimum atomic E-state index is -4.36. The number of alkyl halides is 3. The Kier molecular flexibility index (Phi) is 4.70. The lowest BCUT2D eigenvalue weighted by Crippen LogP contribution is -2.46. The Morgan fingerprint density at radius 3 is 2.41 bits per heavy atom. The maximum atomic E-state index is 12.9. The second-order valence-electron chi connectivity index (χ2n) is 6.64. The van der Waals surface area contributed by atoms with Crippen molar-refractivity contribution in [2.24, 2.45) is 0 Å². The Balaban J connectivity index is 1.50. The van der Waals surface area contributed by atoms with Gasteiger partial charge in [0.05, 0.1) is 16.8 Å². The molecule has 140 valence electrons. The van der Waals surface area contributed by atoms with Crippen molar-refractivity contribution in [3.8, 4) is 0 Å². The maximum absolute atomic E-state index is 12.9. The van der Waals surface area contributed by atoms with Gasteiger partial charge < -0.3 is 4.90 Å². The first-order valence-corrected chi connectivity index (χ1v) is 8.84. The van der Waals surface area contributed by atoms with E-state index >= 15 is 0 Å². The molecule has 0 unspecified atom stereocenters. The molecule has 1 aromatic carbocycles. The van der Waals surface area contributed by atoms with Crippen molar-refractivity contribution >= 4 is 16.6 Å². The van der Waals surface area contributed by atoms with Gasteiger partial charge in [-0.3, -0.25) is 14.9 Å². The normalized spacial score (nSPS) is 16.0. The van der Waals surface area contributed by atoms with E-state index in [2.05, 4.69) is 19.8 Å². The summed E-state index contributed by atoms with van der Waals surface area (Å²) in [5, 5.41) is 0.753. The van der Waals surface area contributed by atoms with E-state index in [1.165, 1.54) is 6.07 Å². The number of piperazine rings is 1. The van der Waals surface area contributed by atoms with Gasteiger partial charge in [0, 0.05) is 56.2 Å². The molecular weight excluding hydrogens is 353 g/mol. The zero-order valence-electron chi connectivity index (χ0n) is 14.7. The lowest BCUT2D eigenvalue weighted by Gasteiger charge is -2.36. The van der Waals surface area contributed by atoms with Gasteiger partial charge in [0.2, 0.25) is 0 Å². The Morgan fingerprint density at radius 1 is 0.889 bits per heavy atom. The van der Waals surface area contributed by atoms with Crippen LogP contribution in [0.3, 0.4) is 0 Å². The molecular formula is C20H19F3N4. The highest BCUT2D eigenvalue weighted by Gasteiger charge is 2.31. The average Bonchev–Trinajstić information content (AvgIpc) is 2.68. The standard InChI is InChI=1S/C20H19F3N4/c21-20(22,23)15-4-5-17-18(13-15)25-8-6-19(17)27-11-9-26(10-12-27)14-16-3-1-2-7-24-16/h1-8,13H,9-12,14H2. The zero-order chi connectivity index (χ0) is 18.9. The van der Waals surface area contributed by atoms with Crippen molar-refractivity contribution in [1.29, 1.82) is 0 Å². The number of hydrogen-bond donors (Lipinski definition) is 0. The summed E-state index contributed by atoms with van der Waals surface area (Å²) < 4.78 is 38.8. The Hall–Kier alpha value is -2.67. The SMILES string of the molecule is FC(F)(F)c1ccc2c(N3CCN(Cc4ccccn4)CC3)ccnc2c1. The smallest absolute Gasteiger partial charge is 0.368 e. The molecule has 0 atom stereocenters. The third-order valence-corrected chi connectivity index (χ3v) is 4.87. The molecule has 1 aliphatic heterocycles. The van der Waals surface area contributed by atoms with Crippen molar-refractivity contribution in [2.45, 2.75) is 12.7 Å². The number of rotatable bonds is 3. The quantitative estimate of drug-likeness (QED) is 0.696. The molecule has 3 heterocycles. The van der Waals surface area contributed by atoms with Crippen LogP contribution in [0.25, 0.3) is 10.9 Å². The number of nitrogens with zero attached hydrogens (tertiary/aromatic N) is 4. The van der Waals surface area contributed by atoms with E-state index in [0.29, 0.717) is 5.52 Å². The van der Waals surface area contributed by atoms with E-state index in [1.54, 1.807) is 12.4 Å². The minimum absolute atomic E-state index is 0.373. The maximum Gasteiger partial charge on any atom is 0.416 e. The summed E-state index contributed by atoms with van der Waals surface area (Å²) in [5.74, 6) is 0. The molecule has 2 aromatic heterocycles. The van der Waals surface area contributed by atoms with Crippen LogP contribution in [0.2, 0.25) is 0 Å². The molecule has 1 aliphatic rings. The summed E-state index contributed by atoms with van der Waals surface area (Å²) in [5.41, 5.74) is 1.68. The monoisotopic (exact) mass is 372 g/mol. The lowest BCUT2D eigenvalue weighted by atomic mass is 10.1. The first-order chi connectivity index (χ1) is 13.0. The first kappa shape index (κ1) is 17.7. The zero-order valence-corrected chi connectivity index (χ0v) is 14.7. The Labute approximate surface area is 155 Å². The summed E-state index contributed by atoms with van der Waals surface area (Å²) in [6.45, 7) is 4.18. The van der Waals surface area contributed by atoms with Gasteiger partial charge >= 0.3 is 6.18 Å². The highest BCUT2D eigenvalue weighted by Crippen LogP contribution is 2.33. The fraction of sp³-hybridized carbons (Fsp3) is 0.300. The van der Waals surface area contributed by atoms with Crippen LogP contribution in [0.5, 0.6) is 0 Å². The van der Waals surface area contributed by atoms with E-state index in [1.807, 2.05) is 24.3 Å². The second kappa shape index (κ2) is 7.15. The third-order valence-electron chi connectivity index (χ3n) is 4.87. The van der Waals surface area contributed by atoms with Gasteiger partial charge in [0.25, 0.3) is 0 Å². The molecule has 0 radical (unpaired) electrons. The number of benzene rings is 1. The van der Waals surface area contributed by atoms with E-state index in [0.717, 1.165) is 61.6 Å². The number of hydrogen-bond acceptors (Lipinski definition) is 4. The van der Waals surface area contributed by atoms with Crippen molar-refractivity contribution in [3.63, 3.8) is 0 Å². The predicted molar refractivity (Wildman–Crippen MR) is 98.5 cm³/mol. The van der Waals surface area contributed by atoms with Gasteiger partial charge in [-0.05, 0) is 30.3 Å². The van der Waals surface area contributed by atoms with E-state index < -0.39 is 11.7 Å². The number of anilines is 1. The molecule has 0 aliphatic carbocycles. The molecule has 0 amide bonds. The highest BCUT2D eigenvalue weighted by molar-refractivity contribution is 5.92. The van der Waals surface area contributed by atoms with Crippen LogP contribution in [0.1, 0.15) is 11.3 Å². The summed E-state index contributed by atoms with van der Waals surface area (Å²) in [4.78, 5) is 13.1. The van der Waals surface area contributed by atoms with Crippen LogP contribution in [-0.2, 0) is 12.7 Å². The molecule has 1 fully saturated rings. The molecule has 3 aromatic rings. The van der Waals surface area contributed by atoms with Crippen molar-refractivity contribution in [1.82, 2.24) is 14.9 Å². The molecule has 0 spiro atoms. The fourth-order valence-corrected chi connectivity index (χ4v) is 3.45. The predicted octanol–water partition coefficient (Wildman–Crippen LogP) is 3.97. The van der Waals surface area contributed by atoms with Crippen LogP contribution in [-0.4, -0.2) is 41.0 Å². The number of halogens is 3. The third kappa shape index (κ3) is 3.88. The molecule has 4 rings (SSSR count). The first-order valence-electron chi connectivity index (χ1n) is 8.84. The molecule has 4 nitrogen and oxygen atoms in total. The lowest BCUT2D eigenvalue weighted by molar-refractivity contribution is -0.137. The van der Waals surface area contributed by atoms with Gasteiger partial charge in [-0.15, -0.1) is 0 Å². The van der Waals surface area contributed by atoms with Crippen molar-refractivity contribution in [2.75, 3.05) is 31.1 Å². The molecule has 7 heteroatoms. The van der Waals surface area contributed by atoms with Crippen LogP contribution in [0.4, 0.5) is 18.9 Å². The van der Waals surface area contributed by atoms with E-state index in [4.69, 9.17) is 0 Å². The summed E-state index contributed by atoms with van der Waals surface area (Å²) in [6.07, 6.45) is -0.981. The van der Waals surface area contributed by atoms with Gasteiger partial charge in [-0.2, -0.15) is 13.2 Å². The minimum Gasteiger partial charge on any atom is -0.368 e. The summed E-state index contributed by atoms with van der Waals surface area (Å²) in [6, 6.07) is 11.6. The molecule has 1 saturated heterocycles. The molecule has 0 saturated carbocycles. The largest absolute Gasteiger partial charge is 0.416 e. The van der Waals surface area contributed by atoms with Crippen molar-refractivity contribution < 1.29 is 13.2 Å². The van der Waals surface area contributed by atoms with Crippen molar-refractivity contribution in [3.05, 3.63) is 66.1 Å². The van der Waals surface area contributed by atoms with Crippen LogP contribution < -0.4 is 4.90 Å². The van der Waals surface area contributed by atoms with Gasteiger partial charge in [0.15, 0.2) is 0 Å². The van der Waals surface area contributed by atoms with Gasteiger partial charge in [0.1, 0.15) is 0 Å². The second-order valence-corrected chi connectivity index (χ2v) is 6.64. The highest BCUT2D eigenvalue weighted by atomic mass is 19.4. The topological polar surface area (TPSA) is 32.3 Å².